The lowest BCUT2D eigenvalue weighted by Gasteiger charge is -2.22. The third kappa shape index (κ3) is 1.84. The summed E-state index contributed by atoms with van der Waals surface area (Å²) in [7, 11) is 0. The van der Waals surface area contributed by atoms with Gasteiger partial charge in [-0.3, -0.25) is 0 Å². The van der Waals surface area contributed by atoms with Crippen LogP contribution in [-0.4, -0.2) is 0 Å². The highest BCUT2D eigenvalue weighted by molar-refractivity contribution is 5.60. The van der Waals surface area contributed by atoms with Crippen LogP contribution in [0, 0.1) is 0 Å². The van der Waals surface area contributed by atoms with Crippen LogP contribution in [0.2, 0.25) is 0 Å². The molecule has 0 saturated heterocycles. The predicted octanol–water partition coefficient (Wildman–Crippen LogP) is 3.82. The number of nitrogens with two attached hydrogens (primary N) is 1. The van der Waals surface area contributed by atoms with E-state index in [0.29, 0.717) is 5.92 Å². The van der Waals surface area contributed by atoms with E-state index in [4.69, 9.17) is 5.73 Å². The van der Waals surface area contributed by atoms with E-state index in [2.05, 4.69) is 48.6 Å². The molecule has 84 valence electrons. The first-order chi connectivity index (χ1) is 8.34. The fraction of sp³-hybridized carbons (Fsp3) is 0.125. The fourth-order valence-corrected chi connectivity index (χ4v) is 2.53. The van der Waals surface area contributed by atoms with Crippen molar-refractivity contribution in [3.63, 3.8) is 0 Å². The second kappa shape index (κ2) is 4.10. The largest absolute Gasteiger partial charge is 0.399 e. The monoisotopic (exact) mass is 221 g/mol. The molecular formula is C16H15N. The minimum Gasteiger partial charge on any atom is -0.399 e. The standard InChI is InChI=1S/C16H15N/c17-14-8-3-7-13(11-14)16-10-4-6-12-5-1-2-9-15(12)16/h1-9,11,16H,10,17H2. The lowest BCUT2D eigenvalue weighted by Crippen LogP contribution is -2.05. The SMILES string of the molecule is Nc1cccc(C2CC=Cc3ccccc32)c1. The van der Waals surface area contributed by atoms with Gasteiger partial charge in [-0.15, -0.1) is 0 Å². The Balaban J connectivity index is 2.09. The minimum absolute atomic E-state index is 0.444. The van der Waals surface area contributed by atoms with E-state index in [1.165, 1.54) is 16.7 Å². The number of hydrogen-bond donors (Lipinski definition) is 1. The van der Waals surface area contributed by atoms with Gasteiger partial charge in [-0.05, 0) is 35.2 Å². The van der Waals surface area contributed by atoms with Gasteiger partial charge < -0.3 is 5.73 Å². The summed E-state index contributed by atoms with van der Waals surface area (Å²) < 4.78 is 0. The second-order valence-electron chi connectivity index (χ2n) is 4.49. The first kappa shape index (κ1) is 10.2. The summed E-state index contributed by atoms with van der Waals surface area (Å²) in [6, 6.07) is 16.8. The molecule has 3 rings (SSSR count). The van der Waals surface area contributed by atoms with Crippen LogP contribution in [0.25, 0.3) is 6.08 Å². The molecule has 0 spiro atoms. The van der Waals surface area contributed by atoms with Gasteiger partial charge in [0.2, 0.25) is 0 Å². The molecule has 0 aliphatic heterocycles. The van der Waals surface area contributed by atoms with Gasteiger partial charge in [0.25, 0.3) is 0 Å². The highest BCUT2D eigenvalue weighted by atomic mass is 14.5. The fourth-order valence-electron chi connectivity index (χ4n) is 2.53. The van der Waals surface area contributed by atoms with Crippen molar-refractivity contribution in [3.05, 3.63) is 71.3 Å². The summed E-state index contributed by atoms with van der Waals surface area (Å²) in [5, 5.41) is 0. The molecule has 1 nitrogen and oxygen atoms in total. The Labute approximate surface area is 102 Å². The number of allylic oxidation sites excluding steroid dienone is 1. The summed E-state index contributed by atoms with van der Waals surface area (Å²) >= 11 is 0. The van der Waals surface area contributed by atoms with Crippen molar-refractivity contribution >= 4 is 11.8 Å². The number of benzene rings is 2. The van der Waals surface area contributed by atoms with E-state index < -0.39 is 0 Å². The maximum absolute atomic E-state index is 5.87. The van der Waals surface area contributed by atoms with Crippen molar-refractivity contribution in [1.82, 2.24) is 0 Å². The Kier molecular flexibility index (Phi) is 2.45. The predicted molar refractivity (Wildman–Crippen MR) is 72.8 cm³/mol. The molecule has 1 heteroatoms. The molecule has 0 aromatic heterocycles. The minimum atomic E-state index is 0.444. The zero-order chi connectivity index (χ0) is 11.7. The molecule has 1 unspecified atom stereocenters. The number of anilines is 1. The second-order valence-corrected chi connectivity index (χ2v) is 4.49. The van der Waals surface area contributed by atoms with Crippen molar-refractivity contribution in [2.75, 3.05) is 5.73 Å². The van der Waals surface area contributed by atoms with Crippen molar-refractivity contribution < 1.29 is 0 Å². The molecule has 2 aromatic carbocycles. The van der Waals surface area contributed by atoms with Crippen LogP contribution < -0.4 is 5.73 Å². The van der Waals surface area contributed by atoms with E-state index in [0.717, 1.165) is 12.1 Å². The highest BCUT2D eigenvalue weighted by Crippen LogP contribution is 2.35. The number of rotatable bonds is 1. The topological polar surface area (TPSA) is 26.0 Å². The van der Waals surface area contributed by atoms with Crippen LogP contribution in [0.15, 0.2) is 54.6 Å². The molecule has 1 aliphatic carbocycles. The molecule has 0 heterocycles. The van der Waals surface area contributed by atoms with Crippen molar-refractivity contribution in [2.45, 2.75) is 12.3 Å². The molecule has 0 saturated carbocycles. The van der Waals surface area contributed by atoms with Crippen molar-refractivity contribution in [3.8, 4) is 0 Å². The van der Waals surface area contributed by atoms with E-state index in [1.54, 1.807) is 0 Å². The molecule has 0 radical (unpaired) electrons. The Bertz CT molecular complexity index is 569. The van der Waals surface area contributed by atoms with E-state index in [1.807, 2.05) is 12.1 Å². The Morgan fingerprint density at radius 1 is 1.00 bits per heavy atom. The maximum atomic E-state index is 5.87. The van der Waals surface area contributed by atoms with Crippen molar-refractivity contribution in [2.24, 2.45) is 0 Å². The quantitative estimate of drug-likeness (QED) is 0.728. The summed E-state index contributed by atoms with van der Waals surface area (Å²) in [5.41, 5.74) is 10.7. The van der Waals surface area contributed by atoms with E-state index in [9.17, 15) is 0 Å². The average Bonchev–Trinajstić information content (AvgIpc) is 2.38. The Hall–Kier alpha value is -2.02. The van der Waals surface area contributed by atoms with E-state index >= 15 is 0 Å². The zero-order valence-corrected chi connectivity index (χ0v) is 9.64. The molecule has 0 fully saturated rings. The molecule has 2 N–H and O–H groups in total. The smallest absolute Gasteiger partial charge is 0.0316 e. The third-order valence-electron chi connectivity index (χ3n) is 3.35. The summed E-state index contributed by atoms with van der Waals surface area (Å²) in [6.45, 7) is 0. The van der Waals surface area contributed by atoms with Gasteiger partial charge in [-0.25, -0.2) is 0 Å². The van der Waals surface area contributed by atoms with Gasteiger partial charge in [0, 0.05) is 11.6 Å². The first-order valence-corrected chi connectivity index (χ1v) is 5.95. The van der Waals surface area contributed by atoms with Gasteiger partial charge in [-0.1, -0.05) is 48.6 Å². The average molecular weight is 221 g/mol. The van der Waals surface area contributed by atoms with Crippen molar-refractivity contribution in [1.29, 1.82) is 0 Å². The number of fused-ring (bicyclic) bond motifs is 1. The van der Waals surface area contributed by atoms with Crippen LogP contribution in [0.1, 0.15) is 29.0 Å². The van der Waals surface area contributed by atoms with Crippen LogP contribution in [-0.2, 0) is 0 Å². The molecule has 1 atom stereocenters. The highest BCUT2D eigenvalue weighted by Gasteiger charge is 2.18. The number of nitrogen functional groups attached to an aromatic ring is 1. The summed E-state index contributed by atoms with van der Waals surface area (Å²) in [6.07, 6.45) is 5.51. The lowest BCUT2D eigenvalue weighted by atomic mass is 9.82. The molecule has 1 aliphatic rings. The van der Waals surface area contributed by atoms with Crippen LogP contribution in [0.5, 0.6) is 0 Å². The summed E-state index contributed by atoms with van der Waals surface area (Å²) in [4.78, 5) is 0. The van der Waals surface area contributed by atoms with E-state index in [-0.39, 0.29) is 0 Å². The molecule has 0 amide bonds. The zero-order valence-electron chi connectivity index (χ0n) is 9.64. The van der Waals surface area contributed by atoms with Gasteiger partial charge in [0.1, 0.15) is 0 Å². The Morgan fingerprint density at radius 2 is 1.88 bits per heavy atom. The normalized spacial score (nSPS) is 17.8. The number of hydrogen-bond acceptors (Lipinski definition) is 1. The van der Waals surface area contributed by atoms with Gasteiger partial charge in [-0.2, -0.15) is 0 Å². The molecule has 0 bridgehead atoms. The third-order valence-corrected chi connectivity index (χ3v) is 3.35. The maximum Gasteiger partial charge on any atom is 0.0316 e. The molecular weight excluding hydrogens is 206 g/mol. The summed E-state index contributed by atoms with van der Waals surface area (Å²) in [5.74, 6) is 0.444. The molecule has 17 heavy (non-hydrogen) atoms. The lowest BCUT2D eigenvalue weighted by molar-refractivity contribution is 0.820. The van der Waals surface area contributed by atoms with Gasteiger partial charge in [0.05, 0.1) is 0 Å². The Morgan fingerprint density at radius 3 is 2.76 bits per heavy atom. The van der Waals surface area contributed by atoms with Crippen LogP contribution in [0.4, 0.5) is 5.69 Å². The van der Waals surface area contributed by atoms with Gasteiger partial charge in [0.15, 0.2) is 0 Å². The van der Waals surface area contributed by atoms with Crippen LogP contribution in [0.3, 0.4) is 0 Å². The first-order valence-electron chi connectivity index (χ1n) is 5.95. The molecule has 2 aromatic rings. The van der Waals surface area contributed by atoms with Crippen LogP contribution >= 0.6 is 0 Å². The van der Waals surface area contributed by atoms with Gasteiger partial charge >= 0.3 is 0 Å².